The molecule has 3 aromatic carbocycles. The maximum absolute atomic E-state index is 13.7. The van der Waals surface area contributed by atoms with E-state index in [1.807, 2.05) is 78.5 Å². The number of carbonyl (C=O) groups is 4. The highest BCUT2D eigenvalue weighted by Crippen LogP contribution is 2.56. The molecule has 0 aromatic heterocycles. The van der Waals surface area contributed by atoms with Crippen LogP contribution < -0.4 is 10.6 Å². The monoisotopic (exact) mass is 631 g/mol. The molecular weight excluding hydrogens is 599 g/mol. The van der Waals surface area contributed by atoms with Gasteiger partial charge < -0.3 is 25.0 Å². The highest BCUT2D eigenvalue weighted by atomic mass is 32.2. The van der Waals surface area contributed by atoms with E-state index in [0.29, 0.717) is 5.56 Å². The zero-order chi connectivity index (χ0) is 30.5. The van der Waals surface area contributed by atoms with Gasteiger partial charge in [-0.1, -0.05) is 91.0 Å². The van der Waals surface area contributed by atoms with E-state index in [1.165, 1.54) is 0 Å². The Kier molecular flexibility index (Phi) is 9.13. The van der Waals surface area contributed by atoms with Crippen molar-refractivity contribution in [3.8, 4) is 0 Å². The normalized spacial score (nSPS) is 22.3. The fourth-order valence-electron chi connectivity index (χ4n) is 5.89. The van der Waals surface area contributed by atoms with Crippen molar-refractivity contribution in [2.45, 2.75) is 54.3 Å². The second-order valence-electron chi connectivity index (χ2n) is 11.0. The molecule has 3 saturated heterocycles. The van der Waals surface area contributed by atoms with Gasteiger partial charge in [-0.2, -0.15) is 11.8 Å². The first kappa shape index (κ1) is 30.1. The van der Waals surface area contributed by atoms with E-state index in [4.69, 9.17) is 9.47 Å². The van der Waals surface area contributed by atoms with Crippen LogP contribution in [0.2, 0.25) is 0 Å². The van der Waals surface area contributed by atoms with E-state index in [2.05, 4.69) is 10.6 Å². The van der Waals surface area contributed by atoms with Crippen LogP contribution in [0.25, 0.3) is 0 Å². The summed E-state index contributed by atoms with van der Waals surface area (Å²) in [5.41, 5.74) is 2.24. The molecule has 3 aliphatic rings. The maximum atomic E-state index is 13.7. The molecule has 9 nitrogen and oxygen atoms in total. The number of carbonyl (C=O) groups excluding carboxylic acids is 4. The summed E-state index contributed by atoms with van der Waals surface area (Å²) in [5, 5.41) is 5.13. The first-order valence-electron chi connectivity index (χ1n) is 14.6. The molecule has 3 heterocycles. The molecule has 0 bridgehead atoms. The average molecular weight is 632 g/mol. The molecule has 3 aromatic rings. The number of benzene rings is 3. The molecule has 44 heavy (non-hydrogen) atoms. The second kappa shape index (κ2) is 13.4. The molecule has 228 valence electrons. The van der Waals surface area contributed by atoms with E-state index in [-0.39, 0.29) is 19.1 Å². The molecular formula is C33H33N3O6S2. The van der Waals surface area contributed by atoms with Crippen molar-refractivity contribution in [1.82, 2.24) is 15.5 Å². The molecule has 2 N–H and O–H groups in total. The molecule has 6 rings (SSSR count). The Morgan fingerprint density at radius 3 is 2.02 bits per heavy atom. The van der Waals surface area contributed by atoms with Crippen molar-refractivity contribution in [3.05, 3.63) is 108 Å². The molecule has 4 atom stereocenters. The third-order valence-electron chi connectivity index (χ3n) is 8.17. The van der Waals surface area contributed by atoms with Crippen LogP contribution in [0.1, 0.15) is 35.6 Å². The third-order valence-corrected chi connectivity index (χ3v) is 11.0. The Bertz CT molecular complexity index is 1490. The van der Waals surface area contributed by atoms with Crippen LogP contribution in [0.3, 0.4) is 0 Å². The van der Waals surface area contributed by atoms with Crippen molar-refractivity contribution in [2.75, 3.05) is 11.5 Å². The maximum Gasteiger partial charge on any atom is 0.408 e. The van der Waals surface area contributed by atoms with Gasteiger partial charge in [0.05, 0.1) is 4.75 Å². The van der Waals surface area contributed by atoms with Gasteiger partial charge in [-0.3, -0.25) is 9.59 Å². The highest BCUT2D eigenvalue weighted by Gasteiger charge is 2.67. The highest BCUT2D eigenvalue weighted by molar-refractivity contribution is 8.02. The van der Waals surface area contributed by atoms with Crippen LogP contribution in [-0.2, 0) is 37.1 Å². The van der Waals surface area contributed by atoms with Crippen LogP contribution in [0.4, 0.5) is 4.79 Å². The van der Waals surface area contributed by atoms with Crippen molar-refractivity contribution in [1.29, 1.82) is 0 Å². The second-order valence-corrected chi connectivity index (χ2v) is 13.7. The van der Waals surface area contributed by atoms with Gasteiger partial charge in [0.2, 0.25) is 11.8 Å². The number of nitrogens with one attached hydrogen (secondary N) is 2. The summed E-state index contributed by atoms with van der Waals surface area (Å²) in [6.45, 7) is 0.177. The quantitative estimate of drug-likeness (QED) is 0.264. The fourth-order valence-corrected chi connectivity index (χ4v) is 9.28. The van der Waals surface area contributed by atoms with E-state index in [1.54, 1.807) is 40.9 Å². The number of thioether (sulfide) groups is 2. The summed E-state index contributed by atoms with van der Waals surface area (Å²) < 4.78 is 10.6. The Morgan fingerprint density at radius 1 is 0.841 bits per heavy atom. The number of alkyl carbamates (subject to hydrolysis) is 1. The number of hydrogen-bond acceptors (Lipinski definition) is 8. The lowest BCUT2D eigenvalue weighted by atomic mass is 9.88. The molecule has 3 unspecified atom stereocenters. The number of nitrogens with zero attached hydrogens (tertiary/aromatic N) is 1. The molecule has 3 fully saturated rings. The lowest BCUT2D eigenvalue weighted by Gasteiger charge is -2.44. The SMILES string of the molecule is O=C(NC(C(=O)NC1C(=O)N2C(C(=O)OCc3ccccc3)C3(CCSCC3)S[C@@H]12)c1ccccc1)OCc1ccccc1. The van der Waals surface area contributed by atoms with Gasteiger partial charge in [-0.05, 0) is 41.0 Å². The van der Waals surface area contributed by atoms with Gasteiger partial charge in [-0.25, -0.2) is 9.59 Å². The van der Waals surface area contributed by atoms with Crippen molar-refractivity contribution >= 4 is 47.4 Å². The van der Waals surface area contributed by atoms with E-state index < -0.39 is 46.2 Å². The zero-order valence-electron chi connectivity index (χ0n) is 23.9. The van der Waals surface area contributed by atoms with Gasteiger partial charge in [0.25, 0.3) is 0 Å². The van der Waals surface area contributed by atoms with E-state index in [9.17, 15) is 19.2 Å². The first-order chi connectivity index (χ1) is 21.4. The van der Waals surface area contributed by atoms with Gasteiger partial charge in [-0.15, -0.1) is 11.8 Å². The first-order valence-corrected chi connectivity index (χ1v) is 16.6. The van der Waals surface area contributed by atoms with Crippen LogP contribution >= 0.6 is 23.5 Å². The summed E-state index contributed by atoms with van der Waals surface area (Å²) in [6, 6.07) is 24.9. The summed E-state index contributed by atoms with van der Waals surface area (Å²) in [5.74, 6) is 0.485. The summed E-state index contributed by atoms with van der Waals surface area (Å²) >= 11 is 3.42. The Morgan fingerprint density at radius 2 is 1.41 bits per heavy atom. The van der Waals surface area contributed by atoms with Gasteiger partial charge >= 0.3 is 12.1 Å². The minimum atomic E-state index is -1.08. The summed E-state index contributed by atoms with van der Waals surface area (Å²) in [4.78, 5) is 55.2. The number of β-lactam (4-membered cyclic amide) rings is 1. The predicted molar refractivity (Wildman–Crippen MR) is 168 cm³/mol. The topological polar surface area (TPSA) is 114 Å². The van der Waals surface area contributed by atoms with Crippen LogP contribution in [0.5, 0.6) is 0 Å². The number of amides is 3. The van der Waals surface area contributed by atoms with Gasteiger partial charge in [0.1, 0.15) is 36.7 Å². The van der Waals surface area contributed by atoms with Crippen molar-refractivity contribution in [3.63, 3.8) is 0 Å². The standard InChI is InChI=1S/C33H33N3O6S2/c37-28(25(24-14-8-3-9-15-24)35-32(40)42-21-23-12-6-2-7-13-23)34-26-29(38)36-27(31(39)41-20-22-10-4-1-5-11-22)33(44-30(26)36)16-18-43-19-17-33/h1-15,25-27,30H,16-21H2,(H,34,37)(H,35,40)/t25?,26?,27?,30-/m0/s1. The largest absolute Gasteiger partial charge is 0.459 e. The number of esters is 1. The van der Waals surface area contributed by atoms with Gasteiger partial charge in [0.15, 0.2) is 0 Å². The molecule has 0 aliphatic carbocycles. The number of fused-ring (bicyclic) bond motifs is 1. The number of rotatable bonds is 9. The zero-order valence-corrected chi connectivity index (χ0v) is 25.6. The number of hydrogen-bond donors (Lipinski definition) is 2. The van der Waals surface area contributed by atoms with E-state index >= 15 is 0 Å². The van der Waals surface area contributed by atoms with Gasteiger partial charge in [0, 0.05) is 0 Å². The summed E-state index contributed by atoms with van der Waals surface area (Å²) in [6.07, 6.45) is 0.764. The molecule has 0 saturated carbocycles. The Balaban J connectivity index is 1.15. The minimum absolute atomic E-state index is 0.0483. The molecule has 3 amide bonds. The fraction of sp³-hybridized carbons (Fsp3) is 0.333. The average Bonchev–Trinajstić information content (AvgIpc) is 3.35. The minimum Gasteiger partial charge on any atom is -0.459 e. The van der Waals surface area contributed by atoms with Crippen molar-refractivity contribution in [2.24, 2.45) is 0 Å². The number of ether oxygens (including phenoxy) is 2. The summed E-state index contributed by atoms with van der Waals surface area (Å²) in [7, 11) is 0. The van der Waals surface area contributed by atoms with Crippen molar-refractivity contribution < 1.29 is 28.7 Å². The van der Waals surface area contributed by atoms with Crippen LogP contribution in [0, 0.1) is 0 Å². The Hall–Kier alpha value is -3.96. The Labute approximate surface area is 264 Å². The molecule has 1 spiro atoms. The predicted octanol–water partition coefficient (Wildman–Crippen LogP) is 4.43. The molecule has 3 aliphatic heterocycles. The molecule has 0 radical (unpaired) electrons. The lowest BCUT2D eigenvalue weighted by Crippen LogP contribution is -2.71. The third kappa shape index (κ3) is 6.30. The molecule has 11 heteroatoms. The van der Waals surface area contributed by atoms with Crippen LogP contribution in [-0.4, -0.2) is 62.5 Å². The lowest BCUT2D eigenvalue weighted by molar-refractivity contribution is -0.165. The smallest absolute Gasteiger partial charge is 0.408 e. The van der Waals surface area contributed by atoms with E-state index in [0.717, 1.165) is 35.5 Å². The van der Waals surface area contributed by atoms with Crippen LogP contribution in [0.15, 0.2) is 91.0 Å².